The Kier molecular flexibility index (Phi) is 5.15. The zero-order valence-electron chi connectivity index (χ0n) is 12.4. The Morgan fingerprint density at radius 3 is 2.33 bits per heavy atom. The van der Waals surface area contributed by atoms with Gasteiger partial charge in [-0.3, -0.25) is 0 Å². The Labute approximate surface area is 136 Å². The van der Waals surface area contributed by atoms with Gasteiger partial charge in [0.15, 0.2) is 0 Å². The fourth-order valence-electron chi connectivity index (χ4n) is 1.76. The van der Waals surface area contributed by atoms with Crippen molar-refractivity contribution in [2.24, 2.45) is 0 Å². The van der Waals surface area contributed by atoms with Gasteiger partial charge in [0.05, 0.1) is 0 Å². The Morgan fingerprint density at radius 1 is 1.00 bits per heavy atom. The van der Waals surface area contributed by atoms with Gasteiger partial charge in [0.2, 0.25) is 0 Å². The minimum Gasteiger partial charge on any atom is -0.457 e. The molecule has 0 saturated heterocycles. The first kappa shape index (κ1) is 16.2. The molecule has 0 aliphatic heterocycles. The molecular formula is C17H19Cl2NO. The highest BCUT2D eigenvalue weighted by atomic mass is 35.5. The Balaban J connectivity index is 2.08. The zero-order chi connectivity index (χ0) is 15.5. The Hall–Kier alpha value is -1.22. The number of hydrogen-bond acceptors (Lipinski definition) is 2. The lowest BCUT2D eigenvalue weighted by Gasteiger charge is -2.21. The molecule has 2 rings (SSSR count). The number of nitrogens with one attached hydrogen (secondary N) is 1. The average molecular weight is 324 g/mol. The molecule has 0 heterocycles. The number of ether oxygens (including phenoxy) is 1. The second-order valence-electron chi connectivity index (χ2n) is 5.92. The van der Waals surface area contributed by atoms with Crippen molar-refractivity contribution in [3.8, 4) is 11.5 Å². The van der Waals surface area contributed by atoms with Crippen LogP contribution in [0.1, 0.15) is 26.3 Å². The highest BCUT2D eigenvalue weighted by molar-refractivity contribution is 6.31. The summed E-state index contributed by atoms with van der Waals surface area (Å²) in [4.78, 5) is 0. The normalized spacial score (nSPS) is 11.5. The first-order chi connectivity index (χ1) is 9.83. The molecule has 0 bridgehead atoms. The van der Waals surface area contributed by atoms with E-state index in [1.165, 1.54) is 0 Å². The largest absolute Gasteiger partial charge is 0.457 e. The molecule has 2 aromatic rings. The molecule has 4 heteroatoms. The fourth-order valence-corrected chi connectivity index (χ4v) is 2.18. The summed E-state index contributed by atoms with van der Waals surface area (Å²) in [5.41, 5.74) is 1.10. The van der Waals surface area contributed by atoms with Crippen LogP contribution in [-0.4, -0.2) is 5.54 Å². The molecule has 0 saturated carbocycles. The number of benzene rings is 2. The van der Waals surface area contributed by atoms with E-state index < -0.39 is 0 Å². The summed E-state index contributed by atoms with van der Waals surface area (Å²) >= 11 is 12.2. The van der Waals surface area contributed by atoms with Gasteiger partial charge in [0.25, 0.3) is 0 Å². The van der Waals surface area contributed by atoms with Gasteiger partial charge in [0.1, 0.15) is 11.5 Å². The number of hydrogen-bond donors (Lipinski definition) is 1. The van der Waals surface area contributed by atoms with Crippen LogP contribution in [0.2, 0.25) is 10.0 Å². The maximum Gasteiger partial charge on any atom is 0.128 e. The highest BCUT2D eigenvalue weighted by Crippen LogP contribution is 2.28. The Morgan fingerprint density at radius 2 is 1.71 bits per heavy atom. The molecule has 0 atom stereocenters. The first-order valence-corrected chi connectivity index (χ1v) is 7.56. The molecule has 0 radical (unpaired) electrons. The smallest absolute Gasteiger partial charge is 0.128 e. The Bertz CT molecular complexity index is 620. The SMILES string of the molecule is CC(C)(C)NCc1ccc(Oc2cccc(Cl)c2)cc1Cl. The summed E-state index contributed by atoms with van der Waals surface area (Å²) in [5.74, 6) is 1.39. The molecule has 0 spiro atoms. The van der Waals surface area contributed by atoms with Crippen molar-refractivity contribution in [1.82, 2.24) is 5.32 Å². The predicted octanol–water partition coefficient (Wildman–Crippen LogP) is 5.67. The van der Waals surface area contributed by atoms with Gasteiger partial charge < -0.3 is 10.1 Å². The molecule has 112 valence electrons. The number of rotatable bonds is 4. The van der Waals surface area contributed by atoms with Crippen LogP contribution in [0.4, 0.5) is 0 Å². The second kappa shape index (κ2) is 6.69. The van der Waals surface area contributed by atoms with E-state index in [0.29, 0.717) is 21.5 Å². The zero-order valence-corrected chi connectivity index (χ0v) is 13.9. The molecule has 2 aromatic carbocycles. The monoisotopic (exact) mass is 323 g/mol. The molecule has 1 N–H and O–H groups in total. The third-order valence-corrected chi connectivity index (χ3v) is 3.45. The van der Waals surface area contributed by atoms with Crippen LogP contribution in [0.3, 0.4) is 0 Å². The van der Waals surface area contributed by atoms with Crippen molar-refractivity contribution >= 4 is 23.2 Å². The maximum absolute atomic E-state index is 6.31. The number of halogens is 2. The van der Waals surface area contributed by atoms with Crippen LogP contribution in [0.5, 0.6) is 11.5 Å². The van der Waals surface area contributed by atoms with E-state index in [4.69, 9.17) is 27.9 Å². The topological polar surface area (TPSA) is 21.3 Å². The van der Waals surface area contributed by atoms with Crippen LogP contribution < -0.4 is 10.1 Å². The van der Waals surface area contributed by atoms with Crippen molar-refractivity contribution in [2.45, 2.75) is 32.9 Å². The van der Waals surface area contributed by atoms with Gasteiger partial charge in [-0.1, -0.05) is 35.3 Å². The summed E-state index contributed by atoms with van der Waals surface area (Å²) in [6, 6.07) is 13.0. The summed E-state index contributed by atoms with van der Waals surface area (Å²) in [5, 5.41) is 4.74. The van der Waals surface area contributed by atoms with E-state index in [2.05, 4.69) is 26.1 Å². The molecular weight excluding hydrogens is 305 g/mol. The van der Waals surface area contributed by atoms with Crippen LogP contribution in [0, 0.1) is 0 Å². The third-order valence-electron chi connectivity index (χ3n) is 2.87. The van der Waals surface area contributed by atoms with Crippen molar-refractivity contribution < 1.29 is 4.74 Å². The van der Waals surface area contributed by atoms with E-state index >= 15 is 0 Å². The van der Waals surface area contributed by atoms with Crippen molar-refractivity contribution in [3.05, 3.63) is 58.1 Å². The summed E-state index contributed by atoms with van der Waals surface area (Å²) < 4.78 is 5.75. The van der Waals surface area contributed by atoms with Gasteiger partial charge in [0, 0.05) is 22.1 Å². The first-order valence-electron chi connectivity index (χ1n) is 6.80. The molecule has 0 amide bonds. The minimum absolute atomic E-state index is 0.0548. The van der Waals surface area contributed by atoms with E-state index in [0.717, 1.165) is 12.1 Å². The fraction of sp³-hybridized carbons (Fsp3) is 0.294. The molecule has 21 heavy (non-hydrogen) atoms. The second-order valence-corrected chi connectivity index (χ2v) is 6.76. The van der Waals surface area contributed by atoms with E-state index in [9.17, 15) is 0 Å². The third kappa shape index (κ3) is 5.24. The van der Waals surface area contributed by atoms with Crippen LogP contribution >= 0.6 is 23.2 Å². The predicted molar refractivity (Wildman–Crippen MR) is 89.6 cm³/mol. The minimum atomic E-state index is 0.0548. The molecule has 0 aromatic heterocycles. The van der Waals surface area contributed by atoms with Crippen LogP contribution in [-0.2, 0) is 6.54 Å². The van der Waals surface area contributed by atoms with Crippen molar-refractivity contribution in [3.63, 3.8) is 0 Å². The molecule has 0 unspecified atom stereocenters. The molecule has 0 fully saturated rings. The van der Waals surface area contributed by atoms with Gasteiger partial charge in [-0.05, 0) is 56.7 Å². The lowest BCUT2D eigenvalue weighted by Crippen LogP contribution is -2.35. The summed E-state index contributed by atoms with van der Waals surface area (Å²) in [6.45, 7) is 7.09. The van der Waals surface area contributed by atoms with Crippen molar-refractivity contribution in [1.29, 1.82) is 0 Å². The maximum atomic E-state index is 6.31. The lowest BCUT2D eigenvalue weighted by molar-refractivity contribution is 0.424. The quantitative estimate of drug-likeness (QED) is 0.782. The average Bonchev–Trinajstić information content (AvgIpc) is 2.36. The van der Waals surface area contributed by atoms with Gasteiger partial charge >= 0.3 is 0 Å². The molecule has 0 aliphatic rings. The van der Waals surface area contributed by atoms with E-state index in [1.54, 1.807) is 6.07 Å². The van der Waals surface area contributed by atoms with Gasteiger partial charge in [-0.25, -0.2) is 0 Å². The standard InChI is InChI=1S/C17H19Cl2NO/c1-17(2,3)20-11-12-7-8-15(10-16(12)19)21-14-6-4-5-13(18)9-14/h4-10,20H,11H2,1-3H3. The van der Waals surface area contributed by atoms with Gasteiger partial charge in [-0.2, -0.15) is 0 Å². The highest BCUT2D eigenvalue weighted by Gasteiger charge is 2.10. The van der Waals surface area contributed by atoms with Crippen LogP contribution in [0.25, 0.3) is 0 Å². The summed E-state index contributed by atoms with van der Waals surface area (Å²) in [7, 11) is 0. The molecule has 2 nitrogen and oxygen atoms in total. The van der Waals surface area contributed by atoms with Crippen molar-refractivity contribution in [2.75, 3.05) is 0 Å². The van der Waals surface area contributed by atoms with E-state index in [-0.39, 0.29) is 5.54 Å². The summed E-state index contributed by atoms with van der Waals surface area (Å²) in [6.07, 6.45) is 0. The van der Waals surface area contributed by atoms with E-state index in [1.807, 2.05) is 36.4 Å². The van der Waals surface area contributed by atoms with Crippen LogP contribution in [0.15, 0.2) is 42.5 Å². The lowest BCUT2D eigenvalue weighted by atomic mass is 10.1. The molecule has 0 aliphatic carbocycles. The van der Waals surface area contributed by atoms with Gasteiger partial charge in [-0.15, -0.1) is 0 Å².